The molecule has 2 aromatic rings. The third kappa shape index (κ3) is 3.45. The zero-order valence-electron chi connectivity index (χ0n) is 12.6. The summed E-state index contributed by atoms with van der Waals surface area (Å²) in [6.07, 6.45) is 0. The summed E-state index contributed by atoms with van der Waals surface area (Å²) in [6, 6.07) is 14.1. The fourth-order valence-electron chi connectivity index (χ4n) is 2.15. The highest BCUT2D eigenvalue weighted by Crippen LogP contribution is 2.29. The molecule has 0 saturated heterocycles. The van der Waals surface area contributed by atoms with Gasteiger partial charge in [-0.05, 0) is 24.3 Å². The molecule has 4 N–H and O–H groups in total. The number of benzene rings is 2. The van der Waals surface area contributed by atoms with Gasteiger partial charge in [0.1, 0.15) is 36.1 Å². The van der Waals surface area contributed by atoms with E-state index in [9.17, 15) is 10.4 Å². The van der Waals surface area contributed by atoms with Crippen molar-refractivity contribution in [1.82, 2.24) is 11.0 Å². The van der Waals surface area contributed by atoms with Crippen LogP contribution in [0.2, 0.25) is 0 Å². The maximum absolute atomic E-state index is 9.39. The van der Waals surface area contributed by atoms with Gasteiger partial charge >= 0.3 is 0 Å². The predicted molar refractivity (Wildman–Crippen MR) is 87.9 cm³/mol. The van der Waals surface area contributed by atoms with Crippen molar-refractivity contribution in [3.8, 4) is 11.5 Å². The van der Waals surface area contributed by atoms with Crippen molar-refractivity contribution in [1.29, 1.82) is 0 Å². The van der Waals surface area contributed by atoms with Crippen LogP contribution in [0, 0.1) is 0 Å². The average Bonchev–Trinajstić information content (AvgIpc) is 2.62. The Morgan fingerprint density at radius 1 is 0.708 bits per heavy atom. The summed E-state index contributed by atoms with van der Waals surface area (Å²) in [6.45, 7) is 0.634. The first-order valence-corrected chi connectivity index (χ1v) is 7.23. The summed E-state index contributed by atoms with van der Waals surface area (Å²) in [7, 11) is 0. The summed E-state index contributed by atoms with van der Waals surface area (Å²) >= 11 is 0. The molecule has 0 radical (unpaired) electrons. The number of aliphatic imine (C=N–C) groups is 2. The Hall–Kier alpha value is -3.10. The number of para-hydroxylation sites is 4. The van der Waals surface area contributed by atoms with Crippen molar-refractivity contribution >= 4 is 23.0 Å². The topological polar surface area (TPSA) is 108 Å². The van der Waals surface area contributed by atoms with Crippen molar-refractivity contribution in [2.45, 2.75) is 0 Å². The van der Waals surface area contributed by atoms with Crippen LogP contribution >= 0.6 is 0 Å². The molecule has 0 unspecified atom stereocenters. The van der Waals surface area contributed by atoms with Crippen molar-refractivity contribution in [3.05, 3.63) is 48.5 Å². The molecule has 8 heteroatoms. The smallest absolute Gasteiger partial charge is 0.195 e. The normalized spacial score (nSPS) is 14.2. The number of rotatable bonds is 0. The number of hydrogen-bond acceptors (Lipinski definition) is 8. The Balaban J connectivity index is 2.12. The van der Waals surface area contributed by atoms with E-state index in [0.717, 1.165) is 0 Å². The summed E-state index contributed by atoms with van der Waals surface area (Å²) in [5, 5.41) is 18.8. The Morgan fingerprint density at radius 2 is 1.12 bits per heavy atom. The minimum Gasteiger partial charge on any atom is -0.488 e. The molecule has 0 aromatic heterocycles. The highest BCUT2D eigenvalue weighted by atomic mass is 16.5. The molecule has 2 aromatic carbocycles. The lowest BCUT2D eigenvalue weighted by atomic mass is 10.3. The first kappa shape index (κ1) is 15.8. The fourth-order valence-corrected chi connectivity index (χ4v) is 2.15. The predicted octanol–water partition coefficient (Wildman–Crippen LogP) is 2.18. The number of hydroxylamine groups is 2. The van der Waals surface area contributed by atoms with Crippen LogP contribution < -0.4 is 20.4 Å². The molecule has 0 aliphatic carbocycles. The maximum Gasteiger partial charge on any atom is 0.195 e. The van der Waals surface area contributed by atoms with Crippen molar-refractivity contribution in [3.63, 3.8) is 0 Å². The molecular weight excluding hydrogens is 312 g/mol. The van der Waals surface area contributed by atoms with E-state index in [1.807, 2.05) is 23.1 Å². The first-order valence-electron chi connectivity index (χ1n) is 7.23. The summed E-state index contributed by atoms with van der Waals surface area (Å²) in [4.78, 5) is 8.51. The van der Waals surface area contributed by atoms with Gasteiger partial charge in [0.05, 0.1) is 0 Å². The van der Waals surface area contributed by atoms with E-state index in [1.165, 1.54) is 0 Å². The van der Waals surface area contributed by atoms with Crippen LogP contribution in [0.15, 0.2) is 58.5 Å². The maximum atomic E-state index is 9.39. The molecular formula is C16H16N4O4. The molecule has 1 aliphatic heterocycles. The lowest BCUT2D eigenvalue weighted by Crippen LogP contribution is -2.37. The summed E-state index contributed by atoms with van der Waals surface area (Å²) in [5.74, 6) is 0.868. The Bertz CT molecular complexity index is 711. The molecule has 0 amide bonds. The van der Waals surface area contributed by atoms with Gasteiger partial charge in [0.2, 0.25) is 0 Å². The molecule has 8 nitrogen and oxygen atoms in total. The molecule has 0 atom stereocenters. The van der Waals surface area contributed by atoms with Crippen LogP contribution in [0.25, 0.3) is 0 Å². The van der Waals surface area contributed by atoms with Gasteiger partial charge in [-0.25, -0.2) is 20.9 Å². The van der Waals surface area contributed by atoms with E-state index in [4.69, 9.17) is 9.47 Å². The highest BCUT2D eigenvalue weighted by Gasteiger charge is 2.13. The quantitative estimate of drug-likeness (QED) is 0.552. The van der Waals surface area contributed by atoms with E-state index in [2.05, 4.69) is 9.98 Å². The first-order chi connectivity index (χ1) is 11.8. The molecule has 3 rings (SSSR count). The van der Waals surface area contributed by atoms with Gasteiger partial charge in [0.25, 0.3) is 0 Å². The molecule has 124 valence electrons. The number of fused-ring (bicyclic) bond motifs is 2. The third-order valence-corrected chi connectivity index (χ3v) is 3.23. The minimum absolute atomic E-state index is 0.0797. The van der Waals surface area contributed by atoms with Crippen LogP contribution in [0.1, 0.15) is 0 Å². The Morgan fingerprint density at radius 3 is 1.54 bits per heavy atom. The van der Waals surface area contributed by atoms with Crippen LogP contribution in [0.4, 0.5) is 11.4 Å². The molecule has 1 aliphatic rings. The lowest BCUT2D eigenvalue weighted by molar-refractivity contribution is 0.217. The summed E-state index contributed by atoms with van der Waals surface area (Å²) in [5.41, 5.74) is 4.79. The standard InChI is InChI=1S/C16H16N4O4/c21-19-15-16(20-22)18-12-6-2-4-8-14(12)24-10-9-23-13-7-3-1-5-11(13)17-15/h1-8,21-22H,9-10H2,(H,17,19)(H,18,20). The van der Waals surface area contributed by atoms with E-state index in [-0.39, 0.29) is 11.7 Å². The van der Waals surface area contributed by atoms with Gasteiger partial charge in [-0.15, -0.1) is 0 Å². The largest absolute Gasteiger partial charge is 0.488 e. The number of nitrogens with zero attached hydrogens (tertiary/aromatic N) is 2. The average molecular weight is 328 g/mol. The van der Waals surface area contributed by atoms with Crippen LogP contribution in [-0.4, -0.2) is 35.3 Å². The number of hydrogen-bond donors (Lipinski definition) is 4. The monoisotopic (exact) mass is 328 g/mol. The van der Waals surface area contributed by atoms with Gasteiger partial charge < -0.3 is 9.47 Å². The zero-order valence-corrected chi connectivity index (χ0v) is 12.6. The van der Waals surface area contributed by atoms with Crippen molar-refractivity contribution in [2.75, 3.05) is 13.2 Å². The van der Waals surface area contributed by atoms with Gasteiger partial charge in [0.15, 0.2) is 11.7 Å². The molecule has 0 saturated carbocycles. The van der Waals surface area contributed by atoms with E-state index in [1.54, 1.807) is 36.4 Å². The van der Waals surface area contributed by atoms with Crippen molar-refractivity contribution in [2.24, 2.45) is 9.98 Å². The number of nitrogens with one attached hydrogen (secondary N) is 2. The molecule has 24 heavy (non-hydrogen) atoms. The molecule has 0 spiro atoms. The lowest BCUT2D eigenvalue weighted by Gasteiger charge is -2.14. The minimum atomic E-state index is -0.0797. The fraction of sp³-hybridized carbons (Fsp3) is 0.125. The molecule has 0 bridgehead atoms. The number of ether oxygens (including phenoxy) is 2. The highest BCUT2D eigenvalue weighted by molar-refractivity contribution is 6.40. The Kier molecular flexibility index (Phi) is 4.90. The number of amidine groups is 2. The Labute approximate surface area is 138 Å². The molecule has 0 fully saturated rings. The second-order valence-electron chi connectivity index (χ2n) is 4.78. The second-order valence-corrected chi connectivity index (χ2v) is 4.78. The van der Waals surface area contributed by atoms with Gasteiger partial charge in [-0.1, -0.05) is 24.3 Å². The third-order valence-electron chi connectivity index (χ3n) is 3.23. The van der Waals surface area contributed by atoms with Crippen LogP contribution in [-0.2, 0) is 0 Å². The van der Waals surface area contributed by atoms with Crippen molar-refractivity contribution < 1.29 is 19.9 Å². The molecule has 1 heterocycles. The SMILES string of the molecule is ONC1=Nc2ccccc2OCCOc2ccccc2N=C1NO. The van der Waals surface area contributed by atoms with Gasteiger partial charge in [-0.3, -0.25) is 10.4 Å². The van der Waals surface area contributed by atoms with E-state index in [0.29, 0.717) is 36.1 Å². The van der Waals surface area contributed by atoms with Gasteiger partial charge in [-0.2, -0.15) is 0 Å². The van der Waals surface area contributed by atoms with E-state index < -0.39 is 0 Å². The zero-order chi connectivity index (χ0) is 16.8. The van der Waals surface area contributed by atoms with E-state index >= 15 is 0 Å². The van der Waals surface area contributed by atoms with Gasteiger partial charge in [0, 0.05) is 0 Å². The van der Waals surface area contributed by atoms with Crippen LogP contribution in [0.3, 0.4) is 0 Å². The second kappa shape index (κ2) is 7.44. The van der Waals surface area contributed by atoms with Crippen LogP contribution in [0.5, 0.6) is 11.5 Å². The summed E-state index contributed by atoms with van der Waals surface area (Å²) < 4.78 is 11.3.